The highest BCUT2D eigenvalue weighted by atomic mass is 35.5. The van der Waals surface area contributed by atoms with E-state index in [1.54, 1.807) is 18.5 Å². The average Bonchev–Trinajstić information content (AvgIpc) is 2.53. The van der Waals surface area contributed by atoms with E-state index in [0.717, 1.165) is 5.56 Å². The van der Waals surface area contributed by atoms with E-state index >= 15 is 0 Å². The Morgan fingerprint density at radius 1 is 1.35 bits per heavy atom. The summed E-state index contributed by atoms with van der Waals surface area (Å²) in [4.78, 5) is 26.6. The van der Waals surface area contributed by atoms with Gasteiger partial charge in [-0.3, -0.25) is 9.78 Å². The Morgan fingerprint density at radius 3 is 2.65 bits per heavy atom. The van der Waals surface area contributed by atoms with Gasteiger partial charge >= 0.3 is 0 Å². The summed E-state index contributed by atoms with van der Waals surface area (Å²) in [5, 5.41) is 2.86. The SMILES string of the molecule is CCN(CC)c1nc(N)c(C(=O)Nc2cnccc2C)nc1Cl. The topological polar surface area (TPSA) is 97.0 Å². The third-order valence-corrected chi connectivity index (χ3v) is 3.68. The Bertz CT molecular complexity index is 717. The molecule has 0 fully saturated rings. The number of nitrogen functional groups attached to an aromatic ring is 1. The maximum Gasteiger partial charge on any atom is 0.278 e. The molecule has 2 rings (SSSR count). The zero-order valence-electron chi connectivity index (χ0n) is 13.3. The van der Waals surface area contributed by atoms with Gasteiger partial charge in [0.05, 0.1) is 11.9 Å². The number of halogens is 1. The summed E-state index contributed by atoms with van der Waals surface area (Å²) in [7, 11) is 0. The predicted molar refractivity (Wildman–Crippen MR) is 91.9 cm³/mol. The molecule has 0 aliphatic heterocycles. The van der Waals surface area contributed by atoms with E-state index in [-0.39, 0.29) is 16.7 Å². The van der Waals surface area contributed by atoms with E-state index in [2.05, 4.69) is 20.3 Å². The lowest BCUT2D eigenvalue weighted by Gasteiger charge is -2.21. The minimum absolute atomic E-state index is 0.00541. The molecule has 0 atom stereocenters. The highest BCUT2D eigenvalue weighted by Crippen LogP contribution is 2.24. The van der Waals surface area contributed by atoms with Crippen LogP contribution in [-0.2, 0) is 0 Å². The zero-order valence-corrected chi connectivity index (χ0v) is 14.1. The molecule has 2 aromatic rings. The number of nitrogens with zero attached hydrogens (tertiary/aromatic N) is 4. The Hall–Kier alpha value is -2.41. The van der Waals surface area contributed by atoms with E-state index in [9.17, 15) is 4.79 Å². The monoisotopic (exact) mass is 334 g/mol. The summed E-state index contributed by atoms with van der Waals surface area (Å²) in [5.74, 6) is 0.0396. The molecule has 0 aliphatic carbocycles. The normalized spacial score (nSPS) is 10.4. The minimum Gasteiger partial charge on any atom is -0.382 e. The second-order valence-corrected chi connectivity index (χ2v) is 5.25. The summed E-state index contributed by atoms with van der Waals surface area (Å²) in [6.07, 6.45) is 3.21. The van der Waals surface area contributed by atoms with Gasteiger partial charge in [-0.05, 0) is 32.4 Å². The molecule has 0 spiro atoms. The number of pyridine rings is 1. The van der Waals surface area contributed by atoms with Crippen molar-refractivity contribution in [1.29, 1.82) is 0 Å². The van der Waals surface area contributed by atoms with Gasteiger partial charge in [0.25, 0.3) is 5.91 Å². The van der Waals surface area contributed by atoms with Crippen LogP contribution in [0.25, 0.3) is 0 Å². The molecule has 0 unspecified atom stereocenters. The van der Waals surface area contributed by atoms with Crippen molar-refractivity contribution in [3.8, 4) is 0 Å². The number of nitrogens with one attached hydrogen (secondary N) is 1. The van der Waals surface area contributed by atoms with Crippen molar-refractivity contribution in [2.75, 3.05) is 29.0 Å². The number of aromatic nitrogens is 3. The van der Waals surface area contributed by atoms with Crippen LogP contribution in [-0.4, -0.2) is 33.9 Å². The van der Waals surface area contributed by atoms with Crippen LogP contribution in [0.4, 0.5) is 17.3 Å². The highest BCUT2D eigenvalue weighted by Gasteiger charge is 2.19. The fraction of sp³-hybridized carbons (Fsp3) is 0.333. The molecule has 2 heterocycles. The summed E-state index contributed by atoms with van der Waals surface area (Å²) in [6.45, 7) is 7.24. The number of aryl methyl sites for hydroxylation is 1. The number of hydrogen-bond donors (Lipinski definition) is 2. The summed E-state index contributed by atoms with van der Waals surface area (Å²) in [6, 6.07) is 1.79. The van der Waals surface area contributed by atoms with Crippen molar-refractivity contribution in [1.82, 2.24) is 15.0 Å². The summed E-state index contributed by atoms with van der Waals surface area (Å²) in [5.41, 5.74) is 7.36. The first-order chi connectivity index (χ1) is 11.0. The van der Waals surface area contributed by atoms with Crippen molar-refractivity contribution >= 4 is 34.8 Å². The van der Waals surface area contributed by atoms with Crippen molar-refractivity contribution in [3.05, 3.63) is 34.9 Å². The van der Waals surface area contributed by atoms with E-state index in [0.29, 0.717) is 24.6 Å². The van der Waals surface area contributed by atoms with Gasteiger partial charge < -0.3 is 16.0 Å². The molecular weight excluding hydrogens is 316 g/mol. The second kappa shape index (κ2) is 7.23. The average molecular weight is 335 g/mol. The van der Waals surface area contributed by atoms with Gasteiger partial charge in [-0.1, -0.05) is 11.6 Å². The third kappa shape index (κ3) is 3.68. The van der Waals surface area contributed by atoms with E-state index in [1.807, 2.05) is 25.7 Å². The summed E-state index contributed by atoms with van der Waals surface area (Å²) < 4.78 is 0. The third-order valence-electron chi connectivity index (χ3n) is 3.43. The zero-order chi connectivity index (χ0) is 17.0. The van der Waals surface area contributed by atoms with Crippen molar-refractivity contribution in [2.24, 2.45) is 0 Å². The van der Waals surface area contributed by atoms with Crippen LogP contribution in [0.2, 0.25) is 5.15 Å². The minimum atomic E-state index is -0.473. The van der Waals surface area contributed by atoms with Crippen LogP contribution >= 0.6 is 11.6 Å². The van der Waals surface area contributed by atoms with E-state index < -0.39 is 5.91 Å². The lowest BCUT2D eigenvalue weighted by Crippen LogP contribution is -2.25. The molecule has 3 N–H and O–H groups in total. The van der Waals surface area contributed by atoms with Crippen molar-refractivity contribution in [2.45, 2.75) is 20.8 Å². The molecule has 0 aliphatic rings. The quantitative estimate of drug-likeness (QED) is 0.872. The van der Waals surface area contributed by atoms with Crippen LogP contribution < -0.4 is 16.0 Å². The first kappa shape index (κ1) is 17.0. The van der Waals surface area contributed by atoms with Gasteiger partial charge in [0.2, 0.25) is 0 Å². The lowest BCUT2D eigenvalue weighted by atomic mass is 10.2. The first-order valence-electron chi connectivity index (χ1n) is 7.27. The Kier molecular flexibility index (Phi) is 5.33. The Morgan fingerprint density at radius 2 is 2.04 bits per heavy atom. The molecule has 0 saturated heterocycles. The highest BCUT2D eigenvalue weighted by molar-refractivity contribution is 6.32. The van der Waals surface area contributed by atoms with Gasteiger partial charge in [0.15, 0.2) is 22.5 Å². The molecule has 23 heavy (non-hydrogen) atoms. The molecule has 8 heteroatoms. The van der Waals surface area contributed by atoms with Crippen LogP contribution in [0.3, 0.4) is 0 Å². The second-order valence-electron chi connectivity index (χ2n) is 4.89. The molecule has 7 nitrogen and oxygen atoms in total. The maximum absolute atomic E-state index is 12.4. The van der Waals surface area contributed by atoms with Gasteiger partial charge in [0, 0.05) is 19.3 Å². The van der Waals surface area contributed by atoms with Gasteiger partial charge in [-0.25, -0.2) is 9.97 Å². The van der Waals surface area contributed by atoms with Crippen molar-refractivity contribution < 1.29 is 4.79 Å². The molecule has 0 radical (unpaired) electrons. The fourth-order valence-electron chi connectivity index (χ4n) is 2.09. The van der Waals surface area contributed by atoms with Crippen LogP contribution in [0.5, 0.6) is 0 Å². The largest absolute Gasteiger partial charge is 0.382 e. The number of carbonyl (C=O) groups excluding carboxylic acids is 1. The Labute approximate surface area is 139 Å². The van der Waals surface area contributed by atoms with Crippen LogP contribution in [0.1, 0.15) is 29.9 Å². The first-order valence-corrected chi connectivity index (χ1v) is 7.65. The predicted octanol–water partition coefficient (Wildman–Crippen LogP) is 2.51. The number of rotatable bonds is 5. The maximum atomic E-state index is 12.4. The summed E-state index contributed by atoms with van der Waals surface area (Å²) >= 11 is 6.17. The van der Waals surface area contributed by atoms with Crippen molar-refractivity contribution in [3.63, 3.8) is 0 Å². The molecule has 2 aromatic heterocycles. The lowest BCUT2D eigenvalue weighted by molar-refractivity contribution is 0.102. The molecular formula is C15H19ClN6O. The number of nitrogens with two attached hydrogens (primary N) is 1. The molecule has 0 saturated carbocycles. The number of hydrogen-bond acceptors (Lipinski definition) is 6. The number of carbonyl (C=O) groups is 1. The fourth-order valence-corrected chi connectivity index (χ4v) is 2.33. The van der Waals surface area contributed by atoms with Crippen LogP contribution in [0, 0.1) is 6.92 Å². The molecule has 0 aromatic carbocycles. The number of anilines is 3. The van der Waals surface area contributed by atoms with E-state index in [4.69, 9.17) is 17.3 Å². The number of amides is 1. The Balaban J connectivity index is 2.31. The van der Waals surface area contributed by atoms with E-state index in [1.165, 1.54) is 0 Å². The van der Waals surface area contributed by atoms with Gasteiger partial charge in [-0.2, -0.15) is 0 Å². The molecule has 122 valence electrons. The van der Waals surface area contributed by atoms with Gasteiger partial charge in [0.1, 0.15) is 0 Å². The molecule has 0 bridgehead atoms. The molecule has 1 amide bonds. The van der Waals surface area contributed by atoms with Gasteiger partial charge in [-0.15, -0.1) is 0 Å². The standard InChI is InChI=1S/C15H19ClN6O/c1-4-22(5-2)14-12(16)20-11(13(17)21-14)15(23)19-10-8-18-7-6-9(10)3/h6-8H,4-5H2,1-3H3,(H2,17,21)(H,19,23). The van der Waals surface area contributed by atoms with Crippen LogP contribution in [0.15, 0.2) is 18.5 Å². The smallest absolute Gasteiger partial charge is 0.278 e.